The zero-order chi connectivity index (χ0) is 20.4. The van der Waals surface area contributed by atoms with Crippen LogP contribution in [0.5, 0.6) is 0 Å². The SMILES string of the molecule is CC1CCc2nc3ccccc3c(C(=O)OCC(=O)NC(=O)c3ccco3)c2C1. The van der Waals surface area contributed by atoms with Gasteiger partial charge in [0, 0.05) is 11.1 Å². The Balaban J connectivity index is 1.54. The number of aromatic nitrogens is 1. The lowest BCUT2D eigenvalue weighted by Crippen LogP contribution is -2.34. The largest absolute Gasteiger partial charge is 0.459 e. The number of benzene rings is 1. The highest BCUT2D eigenvalue weighted by Gasteiger charge is 2.26. The first kappa shape index (κ1) is 18.9. The van der Waals surface area contributed by atoms with Crippen LogP contribution >= 0.6 is 0 Å². The molecule has 1 aliphatic rings. The molecular formula is C22H20N2O5. The monoisotopic (exact) mass is 392 g/mol. The summed E-state index contributed by atoms with van der Waals surface area (Å²) in [4.78, 5) is 41.5. The molecule has 148 valence electrons. The van der Waals surface area contributed by atoms with Gasteiger partial charge in [0.25, 0.3) is 11.8 Å². The average Bonchev–Trinajstić information content (AvgIpc) is 3.25. The van der Waals surface area contributed by atoms with E-state index in [0.29, 0.717) is 16.9 Å². The van der Waals surface area contributed by atoms with Crippen molar-refractivity contribution in [3.8, 4) is 0 Å². The maximum Gasteiger partial charge on any atom is 0.339 e. The molecule has 4 rings (SSSR count). The van der Waals surface area contributed by atoms with Crippen molar-refractivity contribution < 1.29 is 23.5 Å². The summed E-state index contributed by atoms with van der Waals surface area (Å²) in [7, 11) is 0. The number of carbonyl (C=O) groups excluding carboxylic acids is 3. The first-order valence-corrected chi connectivity index (χ1v) is 9.48. The molecule has 0 radical (unpaired) electrons. The summed E-state index contributed by atoms with van der Waals surface area (Å²) >= 11 is 0. The maximum absolute atomic E-state index is 12.9. The number of aryl methyl sites for hydroxylation is 1. The number of esters is 1. The molecule has 1 atom stereocenters. The van der Waals surface area contributed by atoms with Gasteiger partial charge in [-0.05, 0) is 48.9 Å². The van der Waals surface area contributed by atoms with E-state index >= 15 is 0 Å². The van der Waals surface area contributed by atoms with Crippen LogP contribution in [0.15, 0.2) is 47.1 Å². The molecule has 1 N–H and O–H groups in total. The van der Waals surface area contributed by atoms with Crippen molar-refractivity contribution in [3.05, 3.63) is 65.2 Å². The van der Waals surface area contributed by atoms with Crippen LogP contribution in [0.2, 0.25) is 0 Å². The molecule has 29 heavy (non-hydrogen) atoms. The van der Waals surface area contributed by atoms with Gasteiger partial charge in [0.15, 0.2) is 12.4 Å². The zero-order valence-corrected chi connectivity index (χ0v) is 15.9. The summed E-state index contributed by atoms with van der Waals surface area (Å²) < 4.78 is 10.2. The Morgan fingerprint density at radius 3 is 2.83 bits per heavy atom. The highest BCUT2D eigenvalue weighted by Crippen LogP contribution is 2.31. The van der Waals surface area contributed by atoms with Crippen molar-refractivity contribution in [1.29, 1.82) is 0 Å². The Morgan fingerprint density at radius 2 is 2.03 bits per heavy atom. The minimum atomic E-state index is -0.722. The van der Waals surface area contributed by atoms with Gasteiger partial charge in [-0.2, -0.15) is 0 Å². The quantitative estimate of drug-likeness (QED) is 0.685. The minimum Gasteiger partial charge on any atom is -0.459 e. The topological polar surface area (TPSA) is 98.5 Å². The fraction of sp³-hybridized carbons (Fsp3) is 0.273. The molecular weight excluding hydrogens is 372 g/mol. The Bertz CT molecular complexity index is 1090. The van der Waals surface area contributed by atoms with E-state index in [0.717, 1.165) is 36.0 Å². The molecule has 2 aromatic heterocycles. The molecule has 7 heteroatoms. The normalized spacial score (nSPS) is 15.6. The van der Waals surface area contributed by atoms with E-state index in [1.807, 2.05) is 24.3 Å². The van der Waals surface area contributed by atoms with Crippen LogP contribution in [0, 0.1) is 5.92 Å². The summed E-state index contributed by atoms with van der Waals surface area (Å²) in [6.07, 6.45) is 3.89. The van der Waals surface area contributed by atoms with Crippen LogP contribution < -0.4 is 5.32 Å². The number of hydrogen-bond acceptors (Lipinski definition) is 6. The molecule has 1 unspecified atom stereocenters. The molecule has 0 saturated heterocycles. The smallest absolute Gasteiger partial charge is 0.339 e. The number of furan rings is 1. The van der Waals surface area contributed by atoms with E-state index in [1.54, 1.807) is 0 Å². The number of hydrogen-bond donors (Lipinski definition) is 1. The van der Waals surface area contributed by atoms with Crippen LogP contribution in [0.4, 0.5) is 0 Å². The van der Waals surface area contributed by atoms with Crippen molar-refractivity contribution in [1.82, 2.24) is 10.3 Å². The second kappa shape index (κ2) is 7.87. The standard InChI is InChI=1S/C22H20N2O5/c1-13-8-9-17-15(11-13)20(14-5-2-3-6-16(14)23-17)22(27)29-12-19(25)24-21(26)18-7-4-10-28-18/h2-7,10,13H,8-9,11-12H2,1H3,(H,24,25,26). The van der Waals surface area contributed by atoms with E-state index in [2.05, 4.69) is 12.2 Å². The van der Waals surface area contributed by atoms with Gasteiger partial charge in [-0.1, -0.05) is 25.1 Å². The number of rotatable bonds is 4. The third kappa shape index (κ3) is 3.89. The number of ether oxygens (including phenoxy) is 1. The Hall–Kier alpha value is -3.48. The second-order valence-corrected chi connectivity index (χ2v) is 7.21. The van der Waals surface area contributed by atoms with Gasteiger partial charge in [0.05, 0.1) is 17.3 Å². The molecule has 0 aliphatic heterocycles. The van der Waals surface area contributed by atoms with E-state index < -0.39 is 24.4 Å². The number of nitrogens with one attached hydrogen (secondary N) is 1. The molecule has 0 bridgehead atoms. The molecule has 0 fully saturated rings. The molecule has 1 aromatic carbocycles. The van der Waals surface area contributed by atoms with Crippen molar-refractivity contribution in [2.45, 2.75) is 26.2 Å². The van der Waals surface area contributed by atoms with Gasteiger partial charge in [0.1, 0.15) is 0 Å². The number of nitrogens with zero attached hydrogens (tertiary/aromatic N) is 1. The van der Waals surface area contributed by atoms with E-state index in [9.17, 15) is 14.4 Å². The predicted molar refractivity (Wildman–Crippen MR) is 104 cm³/mol. The van der Waals surface area contributed by atoms with Crippen LogP contribution in [0.3, 0.4) is 0 Å². The van der Waals surface area contributed by atoms with Gasteiger partial charge < -0.3 is 9.15 Å². The molecule has 0 spiro atoms. The average molecular weight is 392 g/mol. The van der Waals surface area contributed by atoms with Crippen molar-refractivity contribution in [3.63, 3.8) is 0 Å². The van der Waals surface area contributed by atoms with Crippen LogP contribution in [-0.2, 0) is 22.4 Å². The first-order valence-electron chi connectivity index (χ1n) is 9.48. The summed E-state index contributed by atoms with van der Waals surface area (Å²) in [5.41, 5.74) is 2.98. The fourth-order valence-electron chi connectivity index (χ4n) is 3.63. The molecule has 2 amide bonds. The van der Waals surface area contributed by atoms with E-state index in [4.69, 9.17) is 14.1 Å². The van der Waals surface area contributed by atoms with Crippen molar-refractivity contribution in [2.24, 2.45) is 5.92 Å². The van der Waals surface area contributed by atoms with Gasteiger partial charge in [-0.15, -0.1) is 0 Å². The predicted octanol–water partition coefficient (Wildman–Crippen LogP) is 3.07. The highest BCUT2D eigenvalue weighted by atomic mass is 16.5. The fourth-order valence-corrected chi connectivity index (χ4v) is 3.63. The van der Waals surface area contributed by atoms with Crippen molar-refractivity contribution in [2.75, 3.05) is 6.61 Å². The van der Waals surface area contributed by atoms with Gasteiger partial charge in [-0.25, -0.2) is 4.79 Å². The first-order chi connectivity index (χ1) is 14.0. The van der Waals surface area contributed by atoms with E-state index in [-0.39, 0.29) is 5.76 Å². The van der Waals surface area contributed by atoms with Crippen LogP contribution in [-0.4, -0.2) is 29.4 Å². The third-order valence-corrected chi connectivity index (χ3v) is 5.04. The third-order valence-electron chi connectivity index (χ3n) is 5.04. The van der Waals surface area contributed by atoms with Gasteiger partial charge >= 0.3 is 5.97 Å². The molecule has 1 aliphatic carbocycles. The molecule has 7 nitrogen and oxygen atoms in total. The van der Waals surface area contributed by atoms with E-state index in [1.165, 1.54) is 18.4 Å². The van der Waals surface area contributed by atoms with Crippen LogP contribution in [0.25, 0.3) is 10.9 Å². The number of para-hydroxylation sites is 1. The number of imide groups is 1. The molecule has 3 aromatic rings. The van der Waals surface area contributed by atoms with Gasteiger partial charge in [-0.3, -0.25) is 19.9 Å². The Kier molecular flexibility index (Phi) is 5.12. The lowest BCUT2D eigenvalue weighted by molar-refractivity contribution is -0.123. The second-order valence-electron chi connectivity index (χ2n) is 7.21. The Morgan fingerprint density at radius 1 is 1.21 bits per heavy atom. The summed E-state index contributed by atoms with van der Waals surface area (Å²) in [6.45, 7) is 1.58. The molecule has 0 saturated carbocycles. The number of amides is 2. The Labute approximate surface area is 167 Å². The number of pyridine rings is 1. The lowest BCUT2D eigenvalue weighted by atomic mass is 9.84. The summed E-state index contributed by atoms with van der Waals surface area (Å²) in [5, 5.41) is 2.84. The number of fused-ring (bicyclic) bond motifs is 2. The van der Waals surface area contributed by atoms with Gasteiger partial charge in [0.2, 0.25) is 0 Å². The highest BCUT2D eigenvalue weighted by molar-refractivity contribution is 6.07. The van der Waals surface area contributed by atoms with Crippen LogP contribution in [0.1, 0.15) is 45.5 Å². The van der Waals surface area contributed by atoms with Crippen molar-refractivity contribution >= 4 is 28.7 Å². The summed E-state index contributed by atoms with van der Waals surface area (Å²) in [5.74, 6) is -1.55. The minimum absolute atomic E-state index is 0.00728. The lowest BCUT2D eigenvalue weighted by Gasteiger charge is -2.24. The maximum atomic E-state index is 12.9. The molecule has 2 heterocycles. The summed E-state index contributed by atoms with van der Waals surface area (Å²) in [6, 6.07) is 10.4. The number of carbonyl (C=O) groups is 3. The zero-order valence-electron chi connectivity index (χ0n) is 15.9.